The lowest BCUT2D eigenvalue weighted by Gasteiger charge is -2.24. The van der Waals surface area contributed by atoms with Crippen LogP contribution < -0.4 is 11.1 Å². The number of benzene rings is 2. The lowest BCUT2D eigenvalue weighted by atomic mass is 10.1. The van der Waals surface area contributed by atoms with E-state index in [4.69, 9.17) is 5.73 Å². The predicted molar refractivity (Wildman–Crippen MR) is 87.9 cm³/mol. The Morgan fingerprint density at radius 1 is 1.25 bits per heavy atom. The summed E-state index contributed by atoms with van der Waals surface area (Å²) in [6.07, 6.45) is -0.756. The number of nitrogens with one attached hydrogen (secondary N) is 1. The molecule has 0 unspecified atom stereocenters. The number of aromatic hydroxyl groups is 1. The summed E-state index contributed by atoms with van der Waals surface area (Å²) in [6, 6.07) is 11.7. The van der Waals surface area contributed by atoms with E-state index < -0.39 is 16.8 Å². The fraction of sp³-hybridized carbons (Fsp3) is 0.0667. The van der Waals surface area contributed by atoms with Crippen LogP contribution in [0.5, 0.6) is 5.75 Å². The molecule has 4 N–H and O–H groups in total. The van der Waals surface area contributed by atoms with Crippen molar-refractivity contribution in [2.75, 3.05) is 5.32 Å². The summed E-state index contributed by atoms with van der Waals surface area (Å²) in [7, 11) is 0. The maximum absolute atomic E-state index is 11.1. The number of phenolic OH excluding ortho intramolecular Hbond substituents is 1. The molecular weight excluding hydrogens is 312 g/mol. The van der Waals surface area contributed by atoms with E-state index in [1.54, 1.807) is 10.6 Å². The van der Waals surface area contributed by atoms with Crippen LogP contribution in [-0.2, 0) is 0 Å². The van der Waals surface area contributed by atoms with Gasteiger partial charge in [-0.3, -0.25) is 20.0 Å². The van der Waals surface area contributed by atoms with E-state index in [1.807, 2.05) is 24.3 Å². The van der Waals surface area contributed by atoms with Gasteiger partial charge in [0.1, 0.15) is 0 Å². The molecule has 0 spiro atoms. The predicted octanol–water partition coefficient (Wildman–Crippen LogP) is 1.94. The van der Waals surface area contributed by atoms with Crippen LogP contribution in [0.1, 0.15) is 11.7 Å². The fourth-order valence-corrected chi connectivity index (χ4v) is 2.83. The summed E-state index contributed by atoms with van der Waals surface area (Å²) in [4.78, 5) is 19.2. The molecule has 120 valence electrons. The zero-order chi connectivity index (χ0) is 16.8. The van der Waals surface area contributed by atoms with Crippen molar-refractivity contribution >= 4 is 28.6 Å². The van der Waals surface area contributed by atoms with E-state index in [1.165, 1.54) is 12.1 Å². The molecule has 24 heavy (non-hydrogen) atoms. The quantitative estimate of drug-likeness (QED) is 0.487. The molecule has 0 amide bonds. The lowest BCUT2D eigenvalue weighted by molar-refractivity contribution is -0.386. The van der Waals surface area contributed by atoms with Crippen LogP contribution in [0.4, 0.5) is 11.6 Å². The van der Waals surface area contributed by atoms with E-state index in [-0.39, 0.29) is 17.2 Å². The van der Waals surface area contributed by atoms with E-state index in [9.17, 15) is 15.2 Å². The van der Waals surface area contributed by atoms with Gasteiger partial charge in [0.05, 0.1) is 16.0 Å². The van der Waals surface area contributed by atoms with Crippen LogP contribution in [0.15, 0.2) is 47.5 Å². The molecule has 1 aromatic heterocycles. The average Bonchev–Trinajstić information content (AvgIpc) is 2.92. The standard InChI is InChI=1S/C15H12N6O3/c16-14-18-13(8-4-3-7-11(12(8)22)21(23)24)20-10-6-2-1-5-9(10)17-15(20)19-14/h1-7,13,22H,(H3,16,17,18,19)/t13-/m1/s1. The van der Waals surface area contributed by atoms with Crippen molar-refractivity contribution in [1.29, 1.82) is 0 Å². The highest BCUT2D eigenvalue weighted by molar-refractivity contribution is 5.94. The number of hydrogen-bond donors (Lipinski definition) is 3. The van der Waals surface area contributed by atoms with Crippen LogP contribution in [0.2, 0.25) is 0 Å². The van der Waals surface area contributed by atoms with Gasteiger partial charge in [-0.15, -0.1) is 0 Å². The summed E-state index contributed by atoms with van der Waals surface area (Å²) in [5, 5.41) is 24.3. The normalized spacial score (nSPS) is 16.3. The summed E-state index contributed by atoms with van der Waals surface area (Å²) >= 11 is 0. The third-order valence-corrected chi connectivity index (χ3v) is 3.86. The minimum Gasteiger partial charge on any atom is -0.502 e. The Bertz CT molecular complexity index is 1010. The van der Waals surface area contributed by atoms with Crippen molar-refractivity contribution in [3.05, 3.63) is 58.1 Å². The van der Waals surface area contributed by atoms with Crippen LogP contribution in [-0.4, -0.2) is 25.5 Å². The number of nitrogens with zero attached hydrogens (tertiary/aromatic N) is 4. The van der Waals surface area contributed by atoms with Gasteiger partial charge in [0.15, 0.2) is 12.1 Å². The summed E-state index contributed by atoms with van der Waals surface area (Å²) in [6.45, 7) is 0. The number of aromatic nitrogens is 2. The topological polar surface area (TPSA) is 132 Å². The van der Waals surface area contributed by atoms with Crippen LogP contribution in [0.3, 0.4) is 0 Å². The lowest BCUT2D eigenvalue weighted by Crippen LogP contribution is -2.31. The van der Waals surface area contributed by atoms with E-state index in [2.05, 4.69) is 15.3 Å². The first kappa shape index (κ1) is 14.0. The molecular formula is C15H12N6O3. The molecule has 2 aromatic carbocycles. The molecule has 0 radical (unpaired) electrons. The molecule has 0 aliphatic carbocycles. The van der Waals surface area contributed by atoms with E-state index in [0.29, 0.717) is 5.95 Å². The number of hydrogen-bond acceptors (Lipinski definition) is 7. The van der Waals surface area contributed by atoms with Crippen molar-refractivity contribution < 1.29 is 10.0 Å². The number of phenols is 1. The fourth-order valence-electron chi connectivity index (χ4n) is 2.83. The molecule has 0 bridgehead atoms. The van der Waals surface area contributed by atoms with Gasteiger partial charge < -0.3 is 10.8 Å². The molecule has 1 atom stereocenters. The molecule has 9 heteroatoms. The summed E-state index contributed by atoms with van der Waals surface area (Å²) in [5.41, 5.74) is 7.20. The maximum Gasteiger partial charge on any atom is 0.311 e. The molecule has 9 nitrogen and oxygen atoms in total. The van der Waals surface area contributed by atoms with E-state index >= 15 is 0 Å². The number of guanidine groups is 1. The Balaban J connectivity index is 1.98. The Labute approximate surface area is 135 Å². The zero-order valence-corrected chi connectivity index (χ0v) is 12.2. The number of nitro groups is 1. The molecule has 0 saturated carbocycles. The highest BCUT2D eigenvalue weighted by atomic mass is 16.6. The zero-order valence-electron chi connectivity index (χ0n) is 12.2. The van der Waals surface area contributed by atoms with Crippen molar-refractivity contribution in [3.63, 3.8) is 0 Å². The number of fused-ring (bicyclic) bond motifs is 3. The molecule has 0 saturated heterocycles. The Hall–Kier alpha value is -3.62. The van der Waals surface area contributed by atoms with Gasteiger partial charge in [-0.25, -0.2) is 9.98 Å². The minimum atomic E-state index is -0.756. The van der Waals surface area contributed by atoms with Gasteiger partial charge in [-0.1, -0.05) is 24.3 Å². The second-order valence-corrected chi connectivity index (χ2v) is 5.28. The molecule has 4 rings (SSSR count). The third-order valence-electron chi connectivity index (χ3n) is 3.86. The van der Waals surface area contributed by atoms with Gasteiger partial charge >= 0.3 is 5.69 Å². The molecule has 3 aromatic rings. The van der Waals surface area contributed by atoms with Gasteiger partial charge in [0.25, 0.3) is 0 Å². The molecule has 1 aliphatic heterocycles. The SMILES string of the molecule is NC1=N[C@@H](c2cccc([N+](=O)[O-])c2O)n2c(nc3ccccc32)N1. The monoisotopic (exact) mass is 324 g/mol. The maximum atomic E-state index is 11.1. The van der Waals surface area contributed by atoms with Crippen LogP contribution >= 0.6 is 0 Å². The minimum absolute atomic E-state index is 0.119. The number of nitro benzene ring substituents is 1. The highest BCUT2D eigenvalue weighted by Gasteiger charge is 2.29. The number of rotatable bonds is 2. The number of aliphatic imine (C=N–C) groups is 1. The summed E-state index contributed by atoms with van der Waals surface area (Å²) < 4.78 is 1.74. The summed E-state index contributed by atoms with van der Waals surface area (Å²) in [5.74, 6) is 0.142. The Morgan fingerprint density at radius 3 is 2.83 bits per heavy atom. The number of anilines is 1. The second-order valence-electron chi connectivity index (χ2n) is 5.28. The van der Waals surface area contributed by atoms with Crippen molar-refractivity contribution in [3.8, 4) is 5.75 Å². The second kappa shape index (κ2) is 4.95. The Kier molecular flexibility index (Phi) is 2.89. The van der Waals surface area contributed by atoms with Gasteiger partial charge in [-0.2, -0.15) is 0 Å². The highest BCUT2D eigenvalue weighted by Crippen LogP contribution is 2.39. The number of para-hydroxylation sites is 3. The number of imidazole rings is 1. The molecule has 2 heterocycles. The van der Waals surface area contributed by atoms with Crippen molar-refractivity contribution in [2.45, 2.75) is 6.17 Å². The van der Waals surface area contributed by atoms with Crippen molar-refractivity contribution in [1.82, 2.24) is 9.55 Å². The first-order valence-corrected chi connectivity index (χ1v) is 7.10. The molecule has 1 aliphatic rings. The molecule has 0 fully saturated rings. The van der Waals surface area contributed by atoms with E-state index in [0.717, 1.165) is 11.0 Å². The van der Waals surface area contributed by atoms with Crippen molar-refractivity contribution in [2.24, 2.45) is 10.7 Å². The largest absolute Gasteiger partial charge is 0.502 e. The third kappa shape index (κ3) is 1.95. The average molecular weight is 324 g/mol. The van der Waals surface area contributed by atoms with Crippen LogP contribution in [0, 0.1) is 10.1 Å². The van der Waals surface area contributed by atoms with Gasteiger partial charge in [-0.05, 0) is 12.1 Å². The first-order valence-electron chi connectivity index (χ1n) is 7.10. The van der Waals surface area contributed by atoms with Gasteiger partial charge in [0.2, 0.25) is 11.7 Å². The smallest absolute Gasteiger partial charge is 0.311 e. The Morgan fingerprint density at radius 2 is 2.04 bits per heavy atom. The first-order chi connectivity index (χ1) is 11.6. The number of nitrogens with two attached hydrogens (primary N) is 1. The van der Waals surface area contributed by atoms with Crippen LogP contribution in [0.25, 0.3) is 11.0 Å². The van der Waals surface area contributed by atoms with Gasteiger partial charge in [0, 0.05) is 11.6 Å².